The molecular formula is C76H117NO8. The number of hydrogen-bond acceptors (Lipinski definition) is 8. The second kappa shape index (κ2) is 48.8. The minimum Gasteiger partial charge on any atom is -0.387 e. The van der Waals surface area contributed by atoms with E-state index in [1.54, 1.807) is 0 Å². The fourth-order valence-corrected chi connectivity index (χ4v) is 11.6. The first-order valence-electron chi connectivity index (χ1n) is 34.5. The average Bonchev–Trinajstić information content (AvgIpc) is 2.67. The molecule has 5 rings (SSSR count). The Labute approximate surface area is 517 Å². The molecule has 85 heavy (non-hydrogen) atoms. The minimum absolute atomic E-state index is 0.0244. The lowest BCUT2D eigenvalue weighted by atomic mass is 9.97. The van der Waals surface area contributed by atoms with Crippen LogP contribution in [0, 0.1) is 0 Å². The van der Waals surface area contributed by atoms with Gasteiger partial charge in [-0.3, -0.25) is 4.79 Å². The highest BCUT2D eigenvalue weighted by Gasteiger charge is 2.49. The van der Waals surface area contributed by atoms with E-state index in [4.69, 9.17) is 28.4 Å². The van der Waals surface area contributed by atoms with Gasteiger partial charge in [0.25, 0.3) is 0 Å². The Hall–Kier alpha value is -4.19. The van der Waals surface area contributed by atoms with Crippen LogP contribution in [0.3, 0.4) is 0 Å². The van der Waals surface area contributed by atoms with Crippen LogP contribution in [0.25, 0.3) is 0 Å². The molecule has 0 spiro atoms. The van der Waals surface area contributed by atoms with Crippen molar-refractivity contribution in [1.82, 2.24) is 5.32 Å². The number of aliphatic hydroxyl groups is 1. The van der Waals surface area contributed by atoms with Gasteiger partial charge in [0.15, 0.2) is 6.29 Å². The summed E-state index contributed by atoms with van der Waals surface area (Å²) in [4.78, 5) is 13.9. The third kappa shape index (κ3) is 33.7. The number of allylic oxidation sites excluding steroid dienone is 1. The molecule has 1 aliphatic heterocycles. The van der Waals surface area contributed by atoms with Gasteiger partial charge in [-0.25, -0.2) is 0 Å². The monoisotopic (exact) mass is 1170 g/mol. The van der Waals surface area contributed by atoms with Gasteiger partial charge in [0.1, 0.15) is 24.4 Å². The zero-order valence-electron chi connectivity index (χ0n) is 53.3. The van der Waals surface area contributed by atoms with E-state index in [1.807, 2.05) is 103 Å². The van der Waals surface area contributed by atoms with Gasteiger partial charge < -0.3 is 38.8 Å². The van der Waals surface area contributed by atoms with E-state index in [2.05, 4.69) is 49.5 Å². The van der Waals surface area contributed by atoms with Crippen molar-refractivity contribution in [3.05, 3.63) is 156 Å². The van der Waals surface area contributed by atoms with E-state index in [0.717, 1.165) is 54.4 Å². The fourth-order valence-electron chi connectivity index (χ4n) is 11.6. The van der Waals surface area contributed by atoms with Crippen LogP contribution in [0.15, 0.2) is 133 Å². The smallest absolute Gasteiger partial charge is 0.220 e. The number of nitrogens with one attached hydrogen (secondary N) is 1. The Bertz CT molecular complexity index is 2160. The maximum atomic E-state index is 13.9. The third-order valence-electron chi connectivity index (χ3n) is 16.9. The highest BCUT2D eigenvalue weighted by atomic mass is 16.7. The minimum atomic E-state index is -0.985. The molecule has 1 saturated heterocycles. The molecule has 7 atom stereocenters. The van der Waals surface area contributed by atoms with Crippen molar-refractivity contribution in [3.8, 4) is 0 Å². The van der Waals surface area contributed by atoms with Crippen LogP contribution < -0.4 is 5.32 Å². The van der Waals surface area contributed by atoms with Crippen LogP contribution in [0.2, 0.25) is 0 Å². The van der Waals surface area contributed by atoms with Crippen LogP contribution >= 0.6 is 0 Å². The van der Waals surface area contributed by atoms with Crippen LogP contribution in [-0.4, -0.2) is 67.1 Å². The van der Waals surface area contributed by atoms with Crippen molar-refractivity contribution < 1.29 is 38.3 Å². The molecule has 1 amide bonds. The number of hydrogen-bond donors (Lipinski definition) is 2. The molecule has 0 saturated carbocycles. The average molecular weight is 1170 g/mol. The summed E-state index contributed by atoms with van der Waals surface area (Å²) < 4.78 is 41.1. The maximum Gasteiger partial charge on any atom is 0.220 e. The standard InChI is InChI=1S/C76H117NO8/c1-3-5-7-9-11-13-15-17-18-19-20-21-22-23-24-26-28-30-32-34-48-58-72(79)77-69(70(78)57-47-33-31-29-27-25-16-14-12-10-8-6-4-2)63-84-76-75(83-62-68-55-45-38-46-56-68)74(82-61-67-53-43-37-44-54-67)73(81-60-66-51-41-36-42-52-66)71(85-76)64-80-59-65-49-39-35-40-50-65/h35-47,49-57,69-71,73-76,78H,3-34,48,58-64H2,1-2H3,(H,77,79)/b57-47+/t69-,70+,71+,73-,74-,75+,76-/m0/s1. The Morgan fingerprint density at radius 1 is 0.447 bits per heavy atom. The lowest BCUT2D eigenvalue weighted by molar-refractivity contribution is -0.329. The molecule has 1 heterocycles. The Kier molecular flexibility index (Phi) is 41.1. The first kappa shape index (κ1) is 71.6. The van der Waals surface area contributed by atoms with Crippen molar-refractivity contribution >= 4 is 5.91 Å². The quantitative estimate of drug-likeness (QED) is 0.0333. The summed E-state index contributed by atoms with van der Waals surface area (Å²) in [6.07, 6.45) is 42.3. The van der Waals surface area contributed by atoms with Crippen LogP contribution in [0.1, 0.15) is 254 Å². The number of unbranched alkanes of at least 4 members (excludes halogenated alkanes) is 31. The second-order valence-corrected chi connectivity index (χ2v) is 24.4. The molecule has 9 nitrogen and oxygen atoms in total. The highest BCUT2D eigenvalue weighted by molar-refractivity contribution is 5.76. The normalized spacial score (nSPS) is 17.8. The van der Waals surface area contributed by atoms with Crippen molar-refractivity contribution in [1.29, 1.82) is 0 Å². The number of benzene rings is 4. The van der Waals surface area contributed by atoms with E-state index in [0.29, 0.717) is 26.2 Å². The zero-order chi connectivity index (χ0) is 59.7. The lowest BCUT2D eigenvalue weighted by Crippen LogP contribution is -2.62. The fraction of sp³-hybridized carbons (Fsp3) is 0.645. The van der Waals surface area contributed by atoms with Crippen LogP contribution in [0.4, 0.5) is 0 Å². The summed E-state index contributed by atoms with van der Waals surface area (Å²) in [6.45, 7) is 6.00. The molecule has 0 bridgehead atoms. The van der Waals surface area contributed by atoms with Gasteiger partial charge in [-0.2, -0.15) is 0 Å². The molecule has 0 aromatic heterocycles. The van der Waals surface area contributed by atoms with E-state index >= 15 is 0 Å². The van der Waals surface area contributed by atoms with Gasteiger partial charge in [0.05, 0.1) is 51.8 Å². The van der Waals surface area contributed by atoms with Gasteiger partial charge in [0, 0.05) is 6.42 Å². The van der Waals surface area contributed by atoms with E-state index in [1.165, 1.54) is 180 Å². The zero-order valence-corrected chi connectivity index (χ0v) is 53.3. The van der Waals surface area contributed by atoms with Crippen LogP contribution in [-0.2, 0) is 59.6 Å². The first-order chi connectivity index (χ1) is 42.0. The van der Waals surface area contributed by atoms with Gasteiger partial charge in [-0.1, -0.05) is 340 Å². The second-order valence-electron chi connectivity index (χ2n) is 24.4. The van der Waals surface area contributed by atoms with E-state index in [9.17, 15) is 9.90 Å². The number of carbonyl (C=O) groups is 1. The Morgan fingerprint density at radius 2 is 0.800 bits per heavy atom. The largest absolute Gasteiger partial charge is 0.387 e. The predicted molar refractivity (Wildman–Crippen MR) is 351 cm³/mol. The SMILES string of the molecule is CCCCCCCCCCCCC/C=C/[C@@H](O)[C@H](CO[C@H]1O[C@H](COCc2ccccc2)[C@H](OCc2ccccc2)[C@H](OCc2ccccc2)[C@H]1OCc1ccccc1)NC(=O)CCCCCCCCCCCCCCCCCCCCCCC. The molecule has 0 radical (unpaired) electrons. The topological polar surface area (TPSA) is 105 Å². The van der Waals surface area contributed by atoms with Crippen molar-refractivity contribution in [2.24, 2.45) is 0 Å². The van der Waals surface area contributed by atoms with E-state index < -0.39 is 42.9 Å². The van der Waals surface area contributed by atoms with Gasteiger partial charge >= 0.3 is 0 Å². The number of aliphatic hydroxyl groups excluding tert-OH is 1. The Morgan fingerprint density at radius 3 is 1.21 bits per heavy atom. The summed E-state index contributed by atoms with van der Waals surface area (Å²) in [6, 6.07) is 39.7. The molecule has 1 aliphatic rings. The predicted octanol–water partition coefficient (Wildman–Crippen LogP) is 19.4. The number of amides is 1. The Balaban J connectivity index is 1.20. The maximum absolute atomic E-state index is 13.9. The number of rotatable bonds is 53. The van der Waals surface area contributed by atoms with Crippen molar-refractivity contribution in [3.63, 3.8) is 0 Å². The highest BCUT2D eigenvalue weighted by Crippen LogP contribution is 2.32. The summed E-state index contributed by atoms with van der Waals surface area (Å²) in [5.74, 6) is -0.0868. The summed E-state index contributed by atoms with van der Waals surface area (Å²) in [7, 11) is 0. The summed E-state index contributed by atoms with van der Waals surface area (Å²) in [5.41, 5.74) is 4.06. The van der Waals surface area contributed by atoms with E-state index in [-0.39, 0.29) is 25.7 Å². The van der Waals surface area contributed by atoms with Gasteiger partial charge in [-0.05, 0) is 41.5 Å². The molecule has 4 aromatic carbocycles. The molecule has 0 aliphatic carbocycles. The van der Waals surface area contributed by atoms with Crippen molar-refractivity contribution in [2.45, 2.75) is 301 Å². The molecular weight excluding hydrogens is 1050 g/mol. The molecule has 1 fully saturated rings. The molecule has 4 aromatic rings. The lowest BCUT2D eigenvalue weighted by Gasteiger charge is -2.46. The van der Waals surface area contributed by atoms with Gasteiger partial charge in [-0.15, -0.1) is 0 Å². The molecule has 2 N–H and O–H groups in total. The third-order valence-corrected chi connectivity index (χ3v) is 16.9. The molecule has 0 unspecified atom stereocenters. The number of carbonyl (C=O) groups excluding carboxylic acids is 1. The molecule has 9 heteroatoms. The van der Waals surface area contributed by atoms with Gasteiger partial charge in [0.2, 0.25) is 5.91 Å². The summed E-state index contributed by atoms with van der Waals surface area (Å²) >= 11 is 0. The summed E-state index contributed by atoms with van der Waals surface area (Å²) in [5, 5.41) is 15.2. The van der Waals surface area contributed by atoms with Crippen molar-refractivity contribution in [2.75, 3.05) is 13.2 Å². The number of ether oxygens (including phenoxy) is 6. The molecule has 474 valence electrons. The van der Waals surface area contributed by atoms with Crippen LogP contribution in [0.5, 0.6) is 0 Å². The first-order valence-corrected chi connectivity index (χ1v) is 34.5.